The molecule has 0 bridgehead atoms. The Bertz CT molecular complexity index is 406. The van der Waals surface area contributed by atoms with Crippen molar-refractivity contribution in [3.05, 3.63) is 17.1 Å². The average molecular weight is 250 g/mol. The summed E-state index contributed by atoms with van der Waals surface area (Å²) >= 11 is 0. The standard InChI is InChI=1S/C13H22N4O/c1-4-6-14-13-10-9-18-7-5-11(10)15-12(16-13)8-17(2)3/h4-9H2,1-3H3,(H,14,15,16). The van der Waals surface area contributed by atoms with E-state index in [4.69, 9.17) is 4.74 Å². The third kappa shape index (κ3) is 3.17. The molecule has 5 heteroatoms. The van der Waals surface area contributed by atoms with Gasteiger partial charge < -0.3 is 15.0 Å². The van der Waals surface area contributed by atoms with Crippen LogP contribution < -0.4 is 5.32 Å². The molecule has 5 nitrogen and oxygen atoms in total. The number of anilines is 1. The van der Waals surface area contributed by atoms with Crippen LogP contribution in [0.4, 0.5) is 5.82 Å². The molecule has 0 radical (unpaired) electrons. The molecule has 1 aromatic heterocycles. The van der Waals surface area contributed by atoms with Gasteiger partial charge in [0.2, 0.25) is 0 Å². The number of nitrogens with zero attached hydrogens (tertiary/aromatic N) is 3. The second kappa shape index (κ2) is 6.11. The van der Waals surface area contributed by atoms with Crippen molar-refractivity contribution in [1.29, 1.82) is 0 Å². The van der Waals surface area contributed by atoms with Crippen LogP contribution in [0.25, 0.3) is 0 Å². The van der Waals surface area contributed by atoms with Gasteiger partial charge >= 0.3 is 0 Å². The van der Waals surface area contributed by atoms with Gasteiger partial charge in [-0.05, 0) is 20.5 Å². The molecular formula is C13H22N4O. The van der Waals surface area contributed by atoms with E-state index in [1.807, 2.05) is 14.1 Å². The first-order valence-electron chi connectivity index (χ1n) is 6.55. The molecule has 1 aromatic rings. The Morgan fingerprint density at radius 3 is 2.89 bits per heavy atom. The molecule has 0 saturated carbocycles. The lowest BCUT2D eigenvalue weighted by Gasteiger charge is -2.21. The summed E-state index contributed by atoms with van der Waals surface area (Å²) in [6.07, 6.45) is 1.97. The van der Waals surface area contributed by atoms with Crippen LogP contribution in [0.15, 0.2) is 0 Å². The van der Waals surface area contributed by atoms with Gasteiger partial charge in [-0.2, -0.15) is 0 Å². The van der Waals surface area contributed by atoms with Crippen molar-refractivity contribution in [1.82, 2.24) is 14.9 Å². The molecule has 0 spiro atoms. The largest absolute Gasteiger partial charge is 0.376 e. The normalized spacial score (nSPS) is 14.7. The third-order valence-corrected chi connectivity index (χ3v) is 2.87. The van der Waals surface area contributed by atoms with Crippen LogP contribution in [-0.2, 0) is 24.3 Å². The summed E-state index contributed by atoms with van der Waals surface area (Å²) in [6.45, 7) is 5.25. The quantitative estimate of drug-likeness (QED) is 0.857. The van der Waals surface area contributed by atoms with E-state index in [9.17, 15) is 0 Å². The summed E-state index contributed by atoms with van der Waals surface area (Å²) in [5, 5.41) is 3.39. The zero-order chi connectivity index (χ0) is 13.0. The zero-order valence-corrected chi connectivity index (χ0v) is 11.5. The van der Waals surface area contributed by atoms with E-state index in [0.29, 0.717) is 6.61 Å². The van der Waals surface area contributed by atoms with Gasteiger partial charge in [0.25, 0.3) is 0 Å². The minimum absolute atomic E-state index is 0.629. The summed E-state index contributed by atoms with van der Waals surface area (Å²) in [4.78, 5) is 11.4. The topological polar surface area (TPSA) is 50.3 Å². The van der Waals surface area contributed by atoms with E-state index in [2.05, 4.69) is 27.1 Å². The molecular weight excluding hydrogens is 228 g/mol. The minimum Gasteiger partial charge on any atom is -0.376 e. The maximum atomic E-state index is 5.51. The van der Waals surface area contributed by atoms with Crippen LogP contribution in [0.5, 0.6) is 0 Å². The Hall–Kier alpha value is -1.20. The predicted octanol–water partition coefficient (Wildman–Crippen LogP) is 1.43. The van der Waals surface area contributed by atoms with Crippen LogP contribution >= 0.6 is 0 Å². The Labute approximate surface area is 109 Å². The lowest BCUT2D eigenvalue weighted by Crippen LogP contribution is -2.21. The highest BCUT2D eigenvalue weighted by Crippen LogP contribution is 2.22. The van der Waals surface area contributed by atoms with Crippen LogP contribution in [0.3, 0.4) is 0 Å². The summed E-state index contributed by atoms with van der Waals surface area (Å²) in [7, 11) is 4.07. The Morgan fingerprint density at radius 2 is 2.17 bits per heavy atom. The van der Waals surface area contributed by atoms with E-state index in [-0.39, 0.29) is 0 Å². The highest BCUT2D eigenvalue weighted by atomic mass is 16.5. The predicted molar refractivity (Wildman–Crippen MR) is 71.6 cm³/mol. The SMILES string of the molecule is CCCNc1nc(CN(C)C)nc2c1COCC2. The van der Waals surface area contributed by atoms with E-state index in [1.165, 1.54) is 0 Å². The van der Waals surface area contributed by atoms with Crippen molar-refractivity contribution in [2.24, 2.45) is 0 Å². The maximum absolute atomic E-state index is 5.51. The number of aromatic nitrogens is 2. The van der Waals surface area contributed by atoms with E-state index >= 15 is 0 Å². The van der Waals surface area contributed by atoms with Crippen molar-refractivity contribution in [3.63, 3.8) is 0 Å². The molecule has 0 fully saturated rings. The summed E-state index contributed by atoms with van der Waals surface area (Å²) < 4.78 is 5.51. The van der Waals surface area contributed by atoms with Crippen molar-refractivity contribution >= 4 is 5.82 Å². The lowest BCUT2D eigenvalue weighted by molar-refractivity contribution is 0.109. The smallest absolute Gasteiger partial charge is 0.144 e. The van der Waals surface area contributed by atoms with Gasteiger partial charge in [-0.15, -0.1) is 0 Å². The lowest BCUT2D eigenvalue weighted by atomic mass is 10.1. The van der Waals surface area contributed by atoms with Crippen molar-refractivity contribution < 1.29 is 4.74 Å². The average Bonchev–Trinajstić information content (AvgIpc) is 2.35. The minimum atomic E-state index is 0.629. The summed E-state index contributed by atoms with van der Waals surface area (Å²) in [5.41, 5.74) is 2.28. The highest BCUT2D eigenvalue weighted by Gasteiger charge is 2.18. The van der Waals surface area contributed by atoms with Crippen molar-refractivity contribution in [3.8, 4) is 0 Å². The fraction of sp³-hybridized carbons (Fsp3) is 0.692. The van der Waals surface area contributed by atoms with Gasteiger partial charge in [0.1, 0.15) is 11.6 Å². The molecule has 0 saturated heterocycles. The maximum Gasteiger partial charge on any atom is 0.144 e. The van der Waals surface area contributed by atoms with Crippen LogP contribution in [0.1, 0.15) is 30.4 Å². The molecule has 18 heavy (non-hydrogen) atoms. The highest BCUT2D eigenvalue weighted by molar-refractivity contribution is 5.47. The number of nitrogens with one attached hydrogen (secondary N) is 1. The van der Waals surface area contributed by atoms with E-state index in [0.717, 1.165) is 55.4 Å². The number of rotatable bonds is 5. The molecule has 0 amide bonds. The van der Waals surface area contributed by atoms with Crippen molar-refractivity contribution in [2.45, 2.75) is 32.9 Å². The monoisotopic (exact) mass is 250 g/mol. The van der Waals surface area contributed by atoms with Gasteiger partial charge in [-0.1, -0.05) is 6.92 Å². The fourth-order valence-electron chi connectivity index (χ4n) is 2.03. The first-order valence-corrected chi connectivity index (χ1v) is 6.55. The first-order chi connectivity index (χ1) is 8.70. The fourth-order valence-corrected chi connectivity index (χ4v) is 2.03. The summed E-state index contributed by atoms with van der Waals surface area (Å²) in [5.74, 6) is 1.85. The first kappa shape index (κ1) is 13.2. The van der Waals surface area contributed by atoms with Crippen molar-refractivity contribution in [2.75, 3.05) is 32.6 Å². The number of hydrogen-bond acceptors (Lipinski definition) is 5. The molecule has 100 valence electrons. The number of ether oxygens (including phenoxy) is 1. The second-order valence-corrected chi connectivity index (χ2v) is 4.88. The van der Waals surface area contributed by atoms with Gasteiger partial charge in [0.15, 0.2) is 0 Å². The second-order valence-electron chi connectivity index (χ2n) is 4.88. The molecule has 0 aliphatic carbocycles. The van der Waals surface area contributed by atoms with Crippen LogP contribution in [0.2, 0.25) is 0 Å². The number of hydrogen-bond donors (Lipinski definition) is 1. The molecule has 0 atom stereocenters. The molecule has 1 aliphatic rings. The Balaban J connectivity index is 2.28. The summed E-state index contributed by atoms with van der Waals surface area (Å²) in [6, 6.07) is 0. The van der Waals surface area contributed by atoms with Gasteiger partial charge in [-0.3, -0.25) is 0 Å². The van der Waals surface area contributed by atoms with Gasteiger partial charge in [0.05, 0.1) is 25.5 Å². The van der Waals surface area contributed by atoms with E-state index < -0.39 is 0 Å². The Morgan fingerprint density at radius 1 is 1.33 bits per heavy atom. The van der Waals surface area contributed by atoms with E-state index in [1.54, 1.807) is 0 Å². The molecule has 0 aromatic carbocycles. The Kier molecular flexibility index (Phi) is 4.49. The molecule has 1 aliphatic heterocycles. The van der Waals surface area contributed by atoms with Crippen LogP contribution in [-0.4, -0.2) is 42.1 Å². The van der Waals surface area contributed by atoms with Gasteiger partial charge in [-0.25, -0.2) is 9.97 Å². The number of fused-ring (bicyclic) bond motifs is 1. The third-order valence-electron chi connectivity index (χ3n) is 2.87. The van der Waals surface area contributed by atoms with Crippen LogP contribution in [0, 0.1) is 0 Å². The zero-order valence-electron chi connectivity index (χ0n) is 11.5. The molecule has 2 heterocycles. The molecule has 2 rings (SSSR count). The molecule has 1 N–H and O–H groups in total. The van der Waals surface area contributed by atoms with Gasteiger partial charge in [0, 0.05) is 18.5 Å². The molecule has 0 unspecified atom stereocenters.